The number of rotatable bonds is 3. The summed E-state index contributed by atoms with van der Waals surface area (Å²) in [6, 6.07) is 11.6. The Morgan fingerprint density at radius 1 is 1.11 bits per heavy atom. The molecule has 0 aromatic heterocycles. The van der Waals surface area contributed by atoms with Crippen molar-refractivity contribution in [2.45, 2.75) is 25.6 Å². The molecule has 2 aliphatic heterocycles. The average molecular weight is 372 g/mol. The molecule has 4 nitrogen and oxygen atoms in total. The second-order valence-electron chi connectivity index (χ2n) is 7.11. The number of fused-ring (bicyclic) bond motifs is 1. The van der Waals surface area contributed by atoms with E-state index in [9.17, 15) is 13.6 Å². The van der Waals surface area contributed by atoms with Gasteiger partial charge in [-0.15, -0.1) is 0 Å². The molecule has 0 radical (unpaired) electrons. The highest BCUT2D eigenvalue weighted by atomic mass is 19.1. The number of benzene rings is 2. The van der Waals surface area contributed by atoms with Gasteiger partial charge in [-0.3, -0.25) is 9.69 Å². The number of nitrogens with zero attached hydrogens (tertiary/aromatic N) is 2. The van der Waals surface area contributed by atoms with Crippen molar-refractivity contribution >= 4 is 5.91 Å². The van der Waals surface area contributed by atoms with Crippen LogP contribution in [0.25, 0.3) is 0 Å². The molecule has 1 amide bonds. The summed E-state index contributed by atoms with van der Waals surface area (Å²) in [5.74, 6) is -0.924. The Bertz CT molecular complexity index is 843. The van der Waals surface area contributed by atoms with E-state index in [2.05, 4.69) is 12.1 Å². The second-order valence-corrected chi connectivity index (χ2v) is 7.11. The lowest BCUT2D eigenvalue weighted by molar-refractivity contribution is -0.150. The predicted molar refractivity (Wildman–Crippen MR) is 96.9 cm³/mol. The van der Waals surface area contributed by atoms with Gasteiger partial charge in [-0.05, 0) is 35.7 Å². The van der Waals surface area contributed by atoms with Crippen LogP contribution in [0, 0.1) is 11.6 Å². The summed E-state index contributed by atoms with van der Waals surface area (Å²) < 4.78 is 33.0. The van der Waals surface area contributed by atoms with Crippen molar-refractivity contribution in [1.82, 2.24) is 9.80 Å². The van der Waals surface area contributed by atoms with E-state index in [1.165, 1.54) is 17.2 Å². The molecule has 0 saturated carbocycles. The molecule has 1 fully saturated rings. The van der Waals surface area contributed by atoms with Crippen LogP contribution in [-0.4, -0.2) is 48.1 Å². The number of morpholine rings is 1. The Morgan fingerprint density at radius 3 is 2.78 bits per heavy atom. The lowest BCUT2D eigenvalue weighted by Crippen LogP contribution is -2.51. The molecule has 1 atom stereocenters. The number of halogens is 2. The summed E-state index contributed by atoms with van der Waals surface area (Å²) in [6.07, 6.45) is 0.271. The van der Waals surface area contributed by atoms with E-state index in [-0.39, 0.29) is 12.5 Å². The molecule has 142 valence electrons. The van der Waals surface area contributed by atoms with E-state index >= 15 is 0 Å². The number of hydrogen-bond donors (Lipinski definition) is 0. The van der Waals surface area contributed by atoms with Crippen LogP contribution in [0.4, 0.5) is 8.78 Å². The summed E-state index contributed by atoms with van der Waals surface area (Å²) in [5.41, 5.74) is 2.76. The summed E-state index contributed by atoms with van der Waals surface area (Å²) in [6.45, 7) is 2.90. The Labute approximate surface area is 157 Å². The number of amides is 1. The van der Waals surface area contributed by atoms with Gasteiger partial charge in [0.2, 0.25) is 0 Å². The Kier molecular flexibility index (Phi) is 5.18. The normalized spacial score (nSPS) is 20.4. The van der Waals surface area contributed by atoms with Crippen molar-refractivity contribution in [3.8, 4) is 0 Å². The van der Waals surface area contributed by atoms with E-state index in [1.54, 1.807) is 0 Å². The summed E-state index contributed by atoms with van der Waals surface area (Å²) in [7, 11) is 0. The van der Waals surface area contributed by atoms with Gasteiger partial charge >= 0.3 is 0 Å². The summed E-state index contributed by atoms with van der Waals surface area (Å²) in [4.78, 5) is 16.7. The van der Waals surface area contributed by atoms with Crippen molar-refractivity contribution in [2.75, 3.05) is 26.2 Å². The molecule has 4 rings (SSSR count). The number of ether oxygens (including phenoxy) is 1. The van der Waals surface area contributed by atoms with E-state index in [4.69, 9.17) is 4.74 Å². The Hall–Kier alpha value is -2.31. The molecule has 0 N–H and O–H groups in total. The quantitative estimate of drug-likeness (QED) is 0.831. The summed E-state index contributed by atoms with van der Waals surface area (Å²) in [5, 5.41) is 0. The topological polar surface area (TPSA) is 32.8 Å². The fourth-order valence-electron chi connectivity index (χ4n) is 3.79. The van der Waals surface area contributed by atoms with Crippen LogP contribution in [0.5, 0.6) is 0 Å². The van der Waals surface area contributed by atoms with Gasteiger partial charge in [-0.2, -0.15) is 0 Å². The first kappa shape index (κ1) is 18.1. The molecule has 2 aromatic carbocycles. The van der Waals surface area contributed by atoms with Crippen molar-refractivity contribution in [2.24, 2.45) is 0 Å². The van der Waals surface area contributed by atoms with Crippen LogP contribution in [0.1, 0.15) is 16.7 Å². The molecule has 27 heavy (non-hydrogen) atoms. The van der Waals surface area contributed by atoms with Crippen LogP contribution in [0.15, 0.2) is 42.5 Å². The Morgan fingerprint density at radius 2 is 1.93 bits per heavy atom. The first-order valence-electron chi connectivity index (χ1n) is 9.23. The predicted octanol–water partition coefficient (Wildman–Crippen LogP) is 2.75. The van der Waals surface area contributed by atoms with Crippen LogP contribution in [-0.2, 0) is 29.0 Å². The number of carbonyl (C=O) groups excluding carboxylic acids is 1. The highest BCUT2D eigenvalue weighted by Gasteiger charge is 2.32. The summed E-state index contributed by atoms with van der Waals surface area (Å²) >= 11 is 0. The maximum absolute atomic E-state index is 13.9. The molecule has 0 aliphatic carbocycles. The molecule has 1 saturated heterocycles. The molecule has 2 aromatic rings. The lowest BCUT2D eigenvalue weighted by Gasteiger charge is -2.36. The van der Waals surface area contributed by atoms with Gasteiger partial charge in [0.25, 0.3) is 5.91 Å². The maximum Gasteiger partial charge on any atom is 0.253 e. The molecule has 0 spiro atoms. The van der Waals surface area contributed by atoms with Crippen molar-refractivity contribution in [1.29, 1.82) is 0 Å². The third-order valence-electron chi connectivity index (χ3n) is 5.27. The van der Waals surface area contributed by atoms with Gasteiger partial charge < -0.3 is 9.64 Å². The average Bonchev–Trinajstić information content (AvgIpc) is 2.70. The van der Waals surface area contributed by atoms with Crippen LogP contribution >= 0.6 is 0 Å². The minimum absolute atomic E-state index is 0.0334. The molecule has 6 heteroatoms. The standard InChI is InChI=1S/C21H22F2N2O2/c22-18-5-6-19(23)17(11-18)12-24-9-10-27-20(14-24)21(26)25-8-7-15-3-1-2-4-16(15)13-25/h1-6,11,20H,7-10,12-14H2. The molecular formula is C21H22F2N2O2. The fourth-order valence-corrected chi connectivity index (χ4v) is 3.79. The monoisotopic (exact) mass is 372 g/mol. The third kappa shape index (κ3) is 4.01. The van der Waals surface area contributed by atoms with Crippen molar-refractivity contribution in [3.63, 3.8) is 0 Å². The number of hydrogen-bond acceptors (Lipinski definition) is 3. The van der Waals surface area contributed by atoms with Crippen LogP contribution in [0.2, 0.25) is 0 Å². The zero-order chi connectivity index (χ0) is 18.8. The minimum atomic E-state index is -0.569. The number of carbonyl (C=O) groups is 1. The molecule has 1 unspecified atom stereocenters. The van der Waals surface area contributed by atoms with E-state index < -0.39 is 17.7 Å². The first-order chi connectivity index (χ1) is 13.1. The lowest BCUT2D eigenvalue weighted by atomic mass is 9.99. The highest BCUT2D eigenvalue weighted by Crippen LogP contribution is 2.21. The van der Waals surface area contributed by atoms with Gasteiger partial charge in [-0.25, -0.2) is 8.78 Å². The zero-order valence-corrected chi connectivity index (χ0v) is 15.0. The van der Waals surface area contributed by atoms with E-state index in [0.29, 0.717) is 38.3 Å². The third-order valence-corrected chi connectivity index (χ3v) is 5.27. The highest BCUT2D eigenvalue weighted by molar-refractivity contribution is 5.81. The zero-order valence-electron chi connectivity index (χ0n) is 15.0. The van der Waals surface area contributed by atoms with Gasteiger partial charge in [0, 0.05) is 38.3 Å². The largest absolute Gasteiger partial charge is 0.366 e. The van der Waals surface area contributed by atoms with Crippen LogP contribution in [0.3, 0.4) is 0 Å². The van der Waals surface area contributed by atoms with E-state index in [1.807, 2.05) is 21.9 Å². The smallest absolute Gasteiger partial charge is 0.253 e. The fraction of sp³-hybridized carbons (Fsp3) is 0.381. The van der Waals surface area contributed by atoms with Gasteiger partial charge in [0.05, 0.1) is 6.61 Å². The molecule has 2 heterocycles. The minimum Gasteiger partial charge on any atom is -0.366 e. The van der Waals surface area contributed by atoms with Gasteiger partial charge in [-0.1, -0.05) is 24.3 Å². The first-order valence-corrected chi connectivity index (χ1v) is 9.23. The Balaban J connectivity index is 1.41. The molecule has 2 aliphatic rings. The van der Waals surface area contributed by atoms with Gasteiger partial charge in [0.15, 0.2) is 0 Å². The van der Waals surface area contributed by atoms with Crippen molar-refractivity contribution in [3.05, 3.63) is 70.8 Å². The van der Waals surface area contributed by atoms with E-state index in [0.717, 1.165) is 18.6 Å². The molecular weight excluding hydrogens is 350 g/mol. The maximum atomic E-state index is 13.9. The van der Waals surface area contributed by atoms with Crippen molar-refractivity contribution < 1.29 is 18.3 Å². The van der Waals surface area contributed by atoms with Gasteiger partial charge in [0.1, 0.15) is 17.7 Å². The molecule has 0 bridgehead atoms. The SMILES string of the molecule is O=C(C1CN(Cc2cc(F)ccc2F)CCO1)N1CCc2ccccc2C1. The second kappa shape index (κ2) is 7.74. The van der Waals surface area contributed by atoms with Crippen LogP contribution < -0.4 is 0 Å².